The zero-order valence-electron chi connectivity index (χ0n) is 16.2. The topological polar surface area (TPSA) is 98.8 Å². The number of imide groups is 1. The molecule has 1 saturated heterocycles. The predicted molar refractivity (Wildman–Crippen MR) is 99.7 cm³/mol. The Bertz CT molecular complexity index is 745. The van der Waals surface area contributed by atoms with E-state index in [1.807, 2.05) is 24.3 Å². The van der Waals surface area contributed by atoms with Crippen molar-refractivity contribution in [2.75, 3.05) is 27.2 Å². The van der Waals surface area contributed by atoms with Crippen LogP contribution in [0.1, 0.15) is 31.4 Å². The van der Waals surface area contributed by atoms with E-state index >= 15 is 0 Å². The van der Waals surface area contributed by atoms with Crippen LogP contribution in [-0.4, -0.2) is 60.7 Å². The molecule has 1 aliphatic heterocycles. The molecule has 146 valence electrons. The summed E-state index contributed by atoms with van der Waals surface area (Å²) in [7, 11) is 3.15. The van der Waals surface area contributed by atoms with E-state index < -0.39 is 29.9 Å². The van der Waals surface area contributed by atoms with Gasteiger partial charge in [0.25, 0.3) is 5.91 Å². The number of carbonyl (C=O) groups is 4. The van der Waals surface area contributed by atoms with Gasteiger partial charge in [0.1, 0.15) is 12.1 Å². The molecule has 0 radical (unpaired) electrons. The molecule has 1 aromatic carbocycles. The first-order chi connectivity index (χ1) is 12.7. The van der Waals surface area contributed by atoms with E-state index in [2.05, 4.69) is 17.6 Å². The van der Waals surface area contributed by atoms with Crippen LogP contribution in [0.5, 0.6) is 0 Å². The fraction of sp³-hybridized carbons (Fsp3) is 0.474. The Morgan fingerprint density at radius 2 is 1.81 bits per heavy atom. The van der Waals surface area contributed by atoms with Crippen LogP contribution in [0.3, 0.4) is 0 Å². The first kappa shape index (κ1) is 20.4. The van der Waals surface area contributed by atoms with Gasteiger partial charge in [-0.3, -0.25) is 19.3 Å². The van der Waals surface area contributed by atoms with E-state index in [9.17, 15) is 19.2 Å². The van der Waals surface area contributed by atoms with Crippen LogP contribution in [0.25, 0.3) is 0 Å². The summed E-state index contributed by atoms with van der Waals surface area (Å²) < 4.78 is 0. The Hall–Kier alpha value is -2.90. The van der Waals surface area contributed by atoms with Crippen molar-refractivity contribution in [2.45, 2.75) is 32.2 Å². The molecule has 0 aromatic heterocycles. The predicted octanol–water partition coefficient (Wildman–Crippen LogP) is 0.611. The number of hydrogen-bond acceptors (Lipinski definition) is 4. The zero-order valence-corrected chi connectivity index (χ0v) is 16.2. The summed E-state index contributed by atoms with van der Waals surface area (Å²) in [6, 6.07) is 6.89. The number of nitrogens with zero attached hydrogens (tertiary/aromatic N) is 2. The second kappa shape index (κ2) is 8.20. The molecular weight excluding hydrogens is 348 g/mol. The van der Waals surface area contributed by atoms with Crippen LogP contribution in [0.2, 0.25) is 0 Å². The van der Waals surface area contributed by atoms with E-state index in [1.54, 1.807) is 21.0 Å². The number of carbonyl (C=O) groups excluding carboxylic acids is 4. The summed E-state index contributed by atoms with van der Waals surface area (Å²) in [6.07, 6.45) is 1.96. The monoisotopic (exact) mass is 374 g/mol. The standard InChI is InChI=1S/C19H26N4O4/c1-5-6-13-7-9-14(10-8-13)19(2)17(26)23(18(27)21-19)12-15(24)20-11-16(25)22(3)4/h7-10H,5-6,11-12H2,1-4H3,(H,20,24)(H,21,27)/t19-/m0/s1. The fourth-order valence-electron chi connectivity index (χ4n) is 2.86. The van der Waals surface area contributed by atoms with Crippen molar-refractivity contribution in [3.05, 3.63) is 35.4 Å². The Morgan fingerprint density at radius 3 is 2.37 bits per heavy atom. The Balaban J connectivity index is 2.06. The number of hydrogen-bond donors (Lipinski definition) is 2. The normalized spacial score (nSPS) is 19.0. The summed E-state index contributed by atoms with van der Waals surface area (Å²) in [5.41, 5.74) is 0.594. The number of urea groups is 1. The van der Waals surface area contributed by atoms with Crippen molar-refractivity contribution in [3.8, 4) is 0 Å². The summed E-state index contributed by atoms with van der Waals surface area (Å²) in [5.74, 6) is -1.35. The highest BCUT2D eigenvalue weighted by molar-refractivity contribution is 6.09. The lowest BCUT2D eigenvalue weighted by Crippen LogP contribution is -2.45. The number of nitrogens with one attached hydrogen (secondary N) is 2. The van der Waals surface area contributed by atoms with Crippen LogP contribution in [0, 0.1) is 0 Å². The van der Waals surface area contributed by atoms with Crippen LogP contribution < -0.4 is 10.6 Å². The van der Waals surface area contributed by atoms with Crippen molar-refractivity contribution in [2.24, 2.45) is 0 Å². The fourth-order valence-corrected chi connectivity index (χ4v) is 2.86. The van der Waals surface area contributed by atoms with E-state index in [0.29, 0.717) is 5.56 Å². The maximum absolute atomic E-state index is 12.8. The third-order valence-corrected chi connectivity index (χ3v) is 4.58. The van der Waals surface area contributed by atoms with E-state index in [0.717, 1.165) is 23.3 Å². The van der Waals surface area contributed by atoms with Crippen molar-refractivity contribution in [3.63, 3.8) is 0 Å². The number of benzene rings is 1. The van der Waals surface area contributed by atoms with Gasteiger partial charge in [0.15, 0.2) is 0 Å². The molecule has 27 heavy (non-hydrogen) atoms. The molecule has 2 rings (SSSR count). The Labute approximate surface area is 158 Å². The molecule has 1 aromatic rings. The van der Waals surface area contributed by atoms with Gasteiger partial charge in [0.2, 0.25) is 11.8 Å². The van der Waals surface area contributed by atoms with Crippen LogP contribution >= 0.6 is 0 Å². The molecule has 8 heteroatoms. The summed E-state index contributed by atoms with van der Waals surface area (Å²) >= 11 is 0. The molecule has 1 fully saturated rings. The van der Waals surface area contributed by atoms with Crippen LogP contribution in [0.4, 0.5) is 4.79 Å². The number of likely N-dealkylation sites (N-methyl/N-ethyl adjacent to an activating group) is 1. The van der Waals surface area contributed by atoms with Gasteiger partial charge in [-0.1, -0.05) is 37.6 Å². The molecule has 0 spiro atoms. The lowest BCUT2D eigenvalue weighted by atomic mass is 9.91. The van der Waals surface area contributed by atoms with Crippen molar-refractivity contribution in [1.82, 2.24) is 20.4 Å². The average Bonchev–Trinajstić information content (AvgIpc) is 2.84. The highest BCUT2D eigenvalue weighted by Gasteiger charge is 2.49. The SMILES string of the molecule is CCCc1ccc([C@]2(C)NC(=O)N(CC(=O)NCC(=O)N(C)C)C2=O)cc1. The van der Waals surface area contributed by atoms with Gasteiger partial charge in [-0.15, -0.1) is 0 Å². The molecule has 0 saturated carbocycles. The van der Waals surface area contributed by atoms with Gasteiger partial charge >= 0.3 is 6.03 Å². The van der Waals surface area contributed by atoms with Gasteiger partial charge in [0, 0.05) is 14.1 Å². The largest absolute Gasteiger partial charge is 0.347 e. The molecule has 8 nitrogen and oxygen atoms in total. The second-order valence-corrected chi connectivity index (χ2v) is 6.96. The van der Waals surface area contributed by atoms with Gasteiger partial charge < -0.3 is 15.5 Å². The number of aryl methyl sites for hydroxylation is 1. The quantitative estimate of drug-likeness (QED) is 0.683. The maximum Gasteiger partial charge on any atom is 0.325 e. The highest BCUT2D eigenvalue weighted by Crippen LogP contribution is 2.29. The summed E-state index contributed by atoms with van der Waals surface area (Å²) in [6.45, 7) is 3.08. The minimum absolute atomic E-state index is 0.189. The molecule has 1 aliphatic rings. The first-order valence-corrected chi connectivity index (χ1v) is 8.89. The minimum atomic E-state index is -1.22. The van der Waals surface area contributed by atoms with Gasteiger partial charge in [-0.25, -0.2) is 4.79 Å². The average molecular weight is 374 g/mol. The van der Waals surface area contributed by atoms with Crippen molar-refractivity contribution < 1.29 is 19.2 Å². The number of amides is 5. The second-order valence-electron chi connectivity index (χ2n) is 6.96. The van der Waals surface area contributed by atoms with E-state index in [-0.39, 0.29) is 12.5 Å². The highest BCUT2D eigenvalue weighted by atomic mass is 16.2. The van der Waals surface area contributed by atoms with Crippen molar-refractivity contribution >= 4 is 23.8 Å². The number of rotatable bonds is 7. The first-order valence-electron chi connectivity index (χ1n) is 8.89. The summed E-state index contributed by atoms with van der Waals surface area (Å²) in [4.78, 5) is 50.8. The lowest BCUT2D eigenvalue weighted by molar-refractivity contribution is -0.135. The molecule has 2 N–H and O–H groups in total. The summed E-state index contributed by atoms with van der Waals surface area (Å²) in [5, 5.41) is 5.08. The van der Waals surface area contributed by atoms with Gasteiger partial charge in [0.05, 0.1) is 6.54 Å². The zero-order chi connectivity index (χ0) is 20.2. The molecule has 0 unspecified atom stereocenters. The van der Waals surface area contributed by atoms with Crippen molar-refractivity contribution in [1.29, 1.82) is 0 Å². The maximum atomic E-state index is 12.8. The van der Waals surface area contributed by atoms with Crippen LogP contribution in [-0.2, 0) is 26.3 Å². The van der Waals surface area contributed by atoms with E-state index in [4.69, 9.17) is 0 Å². The molecular formula is C19H26N4O4. The molecule has 1 heterocycles. The third-order valence-electron chi connectivity index (χ3n) is 4.58. The van der Waals surface area contributed by atoms with E-state index in [1.165, 1.54) is 4.90 Å². The smallest absolute Gasteiger partial charge is 0.325 e. The molecule has 0 bridgehead atoms. The minimum Gasteiger partial charge on any atom is -0.347 e. The molecule has 1 atom stereocenters. The van der Waals surface area contributed by atoms with Gasteiger partial charge in [-0.2, -0.15) is 0 Å². The molecule has 5 amide bonds. The molecule has 0 aliphatic carbocycles. The van der Waals surface area contributed by atoms with Gasteiger partial charge in [-0.05, 0) is 24.5 Å². The Kier molecular flexibility index (Phi) is 6.20. The lowest BCUT2D eigenvalue weighted by Gasteiger charge is -2.22. The van der Waals surface area contributed by atoms with Crippen LogP contribution in [0.15, 0.2) is 24.3 Å². The third kappa shape index (κ3) is 4.45. The Morgan fingerprint density at radius 1 is 1.19 bits per heavy atom.